The van der Waals surface area contributed by atoms with Crippen LogP contribution in [-0.4, -0.2) is 31.8 Å². The Labute approximate surface area is 186 Å². The fourth-order valence-corrected chi connectivity index (χ4v) is 4.82. The fourth-order valence-electron chi connectivity index (χ4n) is 4.82. The first kappa shape index (κ1) is 22.1. The normalized spacial score (nSPS) is 19.1. The Balaban J connectivity index is 1.52. The molecule has 1 amide bonds. The Bertz CT molecular complexity index is 1150. The molecule has 0 spiro atoms. The second-order valence-corrected chi connectivity index (χ2v) is 9.15. The molecule has 168 valence electrons. The highest BCUT2D eigenvalue weighted by Gasteiger charge is 2.36. The number of imidazole rings is 1. The van der Waals surface area contributed by atoms with Crippen LogP contribution < -0.4 is 5.32 Å². The third kappa shape index (κ3) is 4.58. The van der Waals surface area contributed by atoms with Gasteiger partial charge in [0.25, 0.3) is 5.91 Å². The van der Waals surface area contributed by atoms with Crippen molar-refractivity contribution in [2.45, 2.75) is 51.6 Å². The molecule has 0 bridgehead atoms. The van der Waals surface area contributed by atoms with E-state index in [0.717, 1.165) is 25.7 Å². The Kier molecular flexibility index (Phi) is 6.11. The number of fused-ring (bicyclic) bond motifs is 1. The summed E-state index contributed by atoms with van der Waals surface area (Å²) < 4.78 is 16.1. The summed E-state index contributed by atoms with van der Waals surface area (Å²) in [6.07, 6.45) is 7.30. The molecule has 0 aliphatic heterocycles. The van der Waals surface area contributed by atoms with Crippen molar-refractivity contribution in [3.63, 3.8) is 0 Å². The zero-order valence-electron chi connectivity index (χ0n) is 18.3. The second-order valence-electron chi connectivity index (χ2n) is 9.15. The van der Waals surface area contributed by atoms with Crippen molar-refractivity contribution in [3.8, 4) is 0 Å². The molecule has 2 heterocycles. The number of hydrogen-bond donors (Lipinski definition) is 2. The van der Waals surface area contributed by atoms with E-state index in [-0.39, 0.29) is 29.0 Å². The number of rotatable bonds is 6. The molecule has 4 rings (SSSR count). The van der Waals surface area contributed by atoms with Crippen molar-refractivity contribution in [3.05, 3.63) is 65.9 Å². The van der Waals surface area contributed by atoms with Gasteiger partial charge in [-0.15, -0.1) is 0 Å². The van der Waals surface area contributed by atoms with Crippen LogP contribution in [0.15, 0.2) is 48.8 Å². The molecular weight excluding hydrogens is 409 g/mol. The van der Waals surface area contributed by atoms with Gasteiger partial charge in [0, 0.05) is 18.2 Å². The average molecular weight is 438 g/mol. The number of ketones is 1. The number of Topliss-reactive ketones (excluding diaryl/α,β-unsaturated/α-hetero) is 1. The van der Waals surface area contributed by atoms with Crippen LogP contribution in [-0.2, 0) is 0 Å². The highest BCUT2D eigenvalue weighted by Crippen LogP contribution is 2.39. The molecule has 1 aliphatic carbocycles. The van der Waals surface area contributed by atoms with E-state index in [1.165, 1.54) is 24.4 Å². The smallest absolute Gasteiger partial charge is 0.274 e. The summed E-state index contributed by atoms with van der Waals surface area (Å²) in [4.78, 5) is 29.9. The molecule has 1 aliphatic rings. The lowest BCUT2D eigenvalue weighted by Gasteiger charge is -2.39. The van der Waals surface area contributed by atoms with Gasteiger partial charge in [0.05, 0.1) is 17.5 Å². The molecule has 0 saturated heterocycles. The van der Waals surface area contributed by atoms with Crippen LogP contribution in [0.5, 0.6) is 0 Å². The van der Waals surface area contributed by atoms with E-state index in [1.807, 2.05) is 6.07 Å². The van der Waals surface area contributed by atoms with Gasteiger partial charge in [-0.1, -0.05) is 18.9 Å². The lowest BCUT2D eigenvalue weighted by Crippen LogP contribution is -2.39. The quantitative estimate of drug-likeness (QED) is 0.539. The van der Waals surface area contributed by atoms with E-state index in [1.54, 1.807) is 36.6 Å². The number of hydrogen-bond acceptors (Lipinski definition) is 4. The number of aliphatic hydroxyl groups is 1. The third-order valence-corrected chi connectivity index (χ3v) is 6.45. The summed E-state index contributed by atoms with van der Waals surface area (Å²) in [6.45, 7) is 3.60. The molecular formula is C25H28FN3O3. The summed E-state index contributed by atoms with van der Waals surface area (Å²) in [7, 11) is 0. The number of nitrogens with zero attached hydrogens (tertiary/aromatic N) is 2. The van der Waals surface area contributed by atoms with Crippen LogP contribution in [0.2, 0.25) is 0 Å². The molecule has 1 saturated carbocycles. The summed E-state index contributed by atoms with van der Waals surface area (Å²) in [5.41, 5.74) is 0.332. The van der Waals surface area contributed by atoms with Gasteiger partial charge in [0.15, 0.2) is 5.78 Å². The number of carbonyl (C=O) groups excluding carboxylic acids is 2. The zero-order valence-corrected chi connectivity index (χ0v) is 18.3. The van der Waals surface area contributed by atoms with Crippen LogP contribution in [0.4, 0.5) is 10.1 Å². The SMILES string of the molecule is CC(C)(O)[C@@H]1CCCC[C@@H]1CC(=O)c1ccc(F)c(NC(=O)c2cnc3ccccn23)c1. The second kappa shape index (κ2) is 8.82. The maximum atomic E-state index is 14.4. The van der Waals surface area contributed by atoms with Gasteiger partial charge < -0.3 is 10.4 Å². The highest BCUT2D eigenvalue weighted by atomic mass is 19.1. The number of carbonyl (C=O) groups is 2. The lowest BCUT2D eigenvalue weighted by molar-refractivity contribution is -0.0276. The number of benzene rings is 1. The van der Waals surface area contributed by atoms with Gasteiger partial charge in [-0.05, 0) is 68.9 Å². The maximum Gasteiger partial charge on any atom is 0.274 e. The van der Waals surface area contributed by atoms with Gasteiger partial charge in [0.2, 0.25) is 0 Å². The van der Waals surface area contributed by atoms with Crippen molar-refractivity contribution in [2.24, 2.45) is 11.8 Å². The minimum absolute atomic E-state index is 0.0468. The standard InChI is InChI=1S/C25H28FN3O3/c1-25(2,32)18-8-4-3-7-16(18)14-22(30)17-10-11-19(26)20(13-17)28-24(31)21-15-27-23-9-5-6-12-29(21)23/h5-6,9-13,15-16,18,32H,3-4,7-8,14H2,1-2H3,(H,28,31)/t16-,18-/m1/s1. The number of halogens is 1. The predicted molar refractivity (Wildman–Crippen MR) is 120 cm³/mol. The van der Waals surface area contributed by atoms with Crippen molar-refractivity contribution in [1.29, 1.82) is 0 Å². The Hall–Kier alpha value is -3.06. The molecule has 6 nitrogen and oxygen atoms in total. The molecule has 1 fully saturated rings. The topological polar surface area (TPSA) is 83.7 Å². The molecule has 7 heteroatoms. The Morgan fingerprint density at radius 3 is 2.78 bits per heavy atom. The number of aromatic nitrogens is 2. The maximum absolute atomic E-state index is 14.4. The van der Waals surface area contributed by atoms with Crippen molar-refractivity contribution in [2.75, 3.05) is 5.32 Å². The number of nitrogens with one attached hydrogen (secondary N) is 1. The van der Waals surface area contributed by atoms with Crippen LogP contribution >= 0.6 is 0 Å². The number of pyridine rings is 1. The number of amides is 1. The fraction of sp³-hybridized carbons (Fsp3) is 0.400. The molecule has 0 unspecified atom stereocenters. The first-order chi connectivity index (χ1) is 15.2. The van der Waals surface area contributed by atoms with Crippen LogP contribution in [0.1, 0.15) is 66.8 Å². The summed E-state index contributed by atoms with van der Waals surface area (Å²) in [5, 5.41) is 13.1. The van der Waals surface area contributed by atoms with E-state index in [2.05, 4.69) is 10.3 Å². The first-order valence-corrected chi connectivity index (χ1v) is 11.0. The predicted octanol–water partition coefficient (Wildman–Crippen LogP) is 4.88. The van der Waals surface area contributed by atoms with Crippen molar-refractivity contribution in [1.82, 2.24) is 9.38 Å². The van der Waals surface area contributed by atoms with Gasteiger partial charge in [-0.25, -0.2) is 9.37 Å². The third-order valence-electron chi connectivity index (χ3n) is 6.45. The van der Waals surface area contributed by atoms with E-state index >= 15 is 0 Å². The zero-order chi connectivity index (χ0) is 22.9. The minimum atomic E-state index is -0.846. The van der Waals surface area contributed by atoms with E-state index < -0.39 is 17.3 Å². The highest BCUT2D eigenvalue weighted by molar-refractivity contribution is 6.04. The molecule has 32 heavy (non-hydrogen) atoms. The van der Waals surface area contributed by atoms with Gasteiger partial charge in [0.1, 0.15) is 17.2 Å². The minimum Gasteiger partial charge on any atom is -0.390 e. The summed E-state index contributed by atoms with van der Waals surface area (Å²) >= 11 is 0. The van der Waals surface area contributed by atoms with E-state index in [9.17, 15) is 19.1 Å². The summed E-state index contributed by atoms with van der Waals surface area (Å²) in [5.74, 6) is -1.11. The van der Waals surface area contributed by atoms with Crippen LogP contribution in [0, 0.1) is 17.7 Å². The molecule has 2 atom stereocenters. The molecule has 2 N–H and O–H groups in total. The molecule has 0 radical (unpaired) electrons. The first-order valence-electron chi connectivity index (χ1n) is 11.0. The molecule has 2 aromatic heterocycles. The van der Waals surface area contributed by atoms with Gasteiger partial charge in [-0.3, -0.25) is 14.0 Å². The number of anilines is 1. The van der Waals surface area contributed by atoms with E-state index in [4.69, 9.17) is 0 Å². The summed E-state index contributed by atoms with van der Waals surface area (Å²) in [6, 6.07) is 9.39. The average Bonchev–Trinajstić information content (AvgIpc) is 3.19. The van der Waals surface area contributed by atoms with Crippen molar-refractivity contribution < 1.29 is 19.1 Å². The van der Waals surface area contributed by atoms with Crippen LogP contribution in [0.25, 0.3) is 5.65 Å². The lowest BCUT2D eigenvalue weighted by atomic mass is 9.69. The largest absolute Gasteiger partial charge is 0.390 e. The van der Waals surface area contributed by atoms with Gasteiger partial charge in [-0.2, -0.15) is 0 Å². The van der Waals surface area contributed by atoms with Crippen LogP contribution in [0.3, 0.4) is 0 Å². The Morgan fingerprint density at radius 2 is 2.00 bits per heavy atom. The van der Waals surface area contributed by atoms with Crippen molar-refractivity contribution >= 4 is 23.0 Å². The Morgan fingerprint density at radius 1 is 1.22 bits per heavy atom. The monoisotopic (exact) mass is 437 g/mol. The molecule has 1 aromatic carbocycles. The van der Waals surface area contributed by atoms with Gasteiger partial charge >= 0.3 is 0 Å². The van der Waals surface area contributed by atoms with E-state index in [0.29, 0.717) is 17.6 Å². The molecule has 3 aromatic rings.